The Balaban J connectivity index is 3.68. The summed E-state index contributed by atoms with van der Waals surface area (Å²) in [6.07, 6.45) is 84.4. The van der Waals surface area contributed by atoms with Crippen molar-refractivity contribution >= 4 is 5.91 Å². The van der Waals surface area contributed by atoms with Gasteiger partial charge in [-0.05, 0) is 96.3 Å². The molecule has 0 aliphatic heterocycles. The topological polar surface area (TPSA) is 69.6 Å². The zero-order valence-electron chi connectivity index (χ0n) is 41.5. The van der Waals surface area contributed by atoms with E-state index in [4.69, 9.17) is 0 Å². The summed E-state index contributed by atoms with van der Waals surface area (Å²) in [7, 11) is 0. The molecule has 4 heteroatoms. The highest BCUT2D eigenvalue weighted by Crippen LogP contribution is 2.14. The summed E-state index contributed by atoms with van der Waals surface area (Å²) < 4.78 is 0. The summed E-state index contributed by atoms with van der Waals surface area (Å²) in [5, 5.41) is 23.1. The van der Waals surface area contributed by atoms with Crippen LogP contribution < -0.4 is 5.32 Å². The quantitative estimate of drug-likeness (QED) is 0.0421. The molecule has 0 bridgehead atoms. The number of unbranched alkanes of at least 4 members (excludes halogenated alkanes) is 19. The fourth-order valence-corrected chi connectivity index (χ4v) is 7.15. The molecule has 0 saturated carbocycles. The van der Waals surface area contributed by atoms with E-state index in [1.54, 1.807) is 6.08 Å². The number of nitrogens with one attached hydrogen (secondary N) is 1. The predicted octanol–water partition coefficient (Wildman–Crippen LogP) is 17.5. The number of rotatable bonds is 46. The number of carbonyl (C=O) groups excluding carboxylic acids is 1. The highest BCUT2D eigenvalue weighted by molar-refractivity contribution is 5.76. The van der Waals surface area contributed by atoms with Gasteiger partial charge in [-0.2, -0.15) is 0 Å². The van der Waals surface area contributed by atoms with Crippen molar-refractivity contribution < 1.29 is 15.0 Å². The molecule has 0 aromatic carbocycles. The Morgan fingerprint density at radius 2 is 0.688 bits per heavy atom. The maximum absolute atomic E-state index is 12.4. The van der Waals surface area contributed by atoms with Crippen LogP contribution in [0.2, 0.25) is 0 Å². The van der Waals surface area contributed by atoms with Gasteiger partial charge in [0.15, 0.2) is 0 Å². The van der Waals surface area contributed by atoms with Crippen LogP contribution in [-0.4, -0.2) is 34.9 Å². The zero-order valence-corrected chi connectivity index (χ0v) is 41.5. The third kappa shape index (κ3) is 49.5. The van der Waals surface area contributed by atoms with Gasteiger partial charge >= 0.3 is 0 Å². The maximum atomic E-state index is 12.4. The summed E-state index contributed by atoms with van der Waals surface area (Å²) in [5.74, 6) is -0.0845. The Bertz CT molecular complexity index is 1320. The minimum Gasteiger partial charge on any atom is -0.394 e. The second kappa shape index (κ2) is 53.9. The van der Waals surface area contributed by atoms with Crippen molar-refractivity contribution in [3.05, 3.63) is 134 Å². The first-order chi connectivity index (χ1) is 31.7. The normalized spacial score (nSPS) is 14.0. The molecular formula is C60H99NO3. The Hall–Kier alpha value is -3.47. The Labute approximate surface area is 396 Å². The molecule has 0 aromatic rings. The van der Waals surface area contributed by atoms with Gasteiger partial charge in [0.2, 0.25) is 5.91 Å². The second-order valence-electron chi connectivity index (χ2n) is 17.2. The smallest absolute Gasteiger partial charge is 0.220 e. The van der Waals surface area contributed by atoms with Crippen LogP contribution in [0.1, 0.15) is 219 Å². The van der Waals surface area contributed by atoms with E-state index in [0.29, 0.717) is 6.42 Å². The average Bonchev–Trinajstić information content (AvgIpc) is 3.30. The molecule has 362 valence electrons. The lowest BCUT2D eigenvalue weighted by molar-refractivity contribution is -0.123. The van der Waals surface area contributed by atoms with E-state index in [2.05, 4.69) is 141 Å². The Morgan fingerprint density at radius 1 is 0.391 bits per heavy atom. The summed E-state index contributed by atoms with van der Waals surface area (Å²) in [5.41, 5.74) is 0. The number of amides is 1. The molecule has 0 heterocycles. The van der Waals surface area contributed by atoms with Gasteiger partial charge in [-0.1, -0.05) is 250 Å². The minimum atomic E-state index is -0.854. The van der Waals surface area contributed by atoms with Gasteiger partial charge in [0.25, 0.3) is 0 Å². The van der Waals surface area contributed by atoms with E-state index in [-0.39, 0.29) is 12.5 Å². The first-order valence-corrected chi connectivity index (χ1v) is 26.4. The van der Waals surface area contributed by atoms with Gasteiger partial charge in [-0.3, -0.25) is 4.79 Å². The predicted molar refractivity (Wildman–Crippen MR) is 285 cm³/mol. The number of carbonyl (C=O) groups is 1. The molecule has 0 rings (SSSR count). The van der Waals surface area contributed by atoms with Crippen LogP contribution in [0.4, 0.5) is 0 Å². The standard InChI is InChI=1S/C60H99NO3/c1-3-5-7-9-11-13-15-17-19-20-21-22-23-24-25-26-27-28-29-30-31-32-33-34-35-36-37-38-39-40-42-44-46-48-50-52-54-56-60(64)61-58(57-62)59(63)55-53-51-49-47-45-43-41-18-16-14-12-10-8-6-4-2/h5,7,11,13,17,19,21-22,24-25,27-28,30-31,33-34,36-37,39-40,53,55,58-59,62-63H,3-4,6,8-10,12,14-16,18,20,23,26,29,32,35,38,41-52,54,56-57H2,1-2H3,(H,61,64)/b7-5-,13-11-,19-17-,22-21-,25-24-,28-27-,31-30-,34-33-,37-36-,40-39-,55-53+. The van der Waals surface area contributed by atoms with Crippen molar-refractivity contribution in [2.75, 3.05) is 6.61 Å². The monoisotopic (exact) mass is 882 g/mol. The van der Waals surface area contributed by atoms with E-state index >= 15 is 0 Å². The molecule has 4 nitrogen and oxygen atoms in total. The lowest BCUT2D eigenvalue weighted by Gasteiger charge is -2.20. The van der Waals surface area contributed by atoms with E-state index < -0.39 is 12.1 Å². The number of aliphatic hydroxyl groups excluding tert-OH is 2. The van der Waals surface area contributed by atoms with Crippen LogP contribution in [0, 0.1) is 0 Å². The molecule has 1 amide bonds. The largest absolute Gasteiger partial charge is 0.394 e. The van der Waals surface area contributed by atoms with Crippen molar-refractivity contribution in [2.24, 2.45) is 0 Å². The number of allylic oxidation sites excluding steroid dienone is 21. The van der Waals surface area contributed by atoms with Crippen molar-refractivity contribution in [3.63, 3.8) is 0 Å². The fraction of sp³-hybridized carbons (Fsp3) is 0.617. The molecule has 0 fully saturated rings. The molecular weight excluding hydrogens is 783 g/mol. The number of hydrogen-bond acceptors (Lipinski definition) is 3. The van der Waals surface area contributed by atoms with E-state index in [9.17, 15) is 15.0 Å². The van der Waals surface area contributed by atoms with Crippen LogP contribution in [0.3, 0.4) is 0 Å². The number of hydrogen-bond donors (Lipinski definition) is 3. The van der Waals surface area contributed by atoms with Gasteiger partial charge < -0.3 is 15.5 Å². The molecule has 64 heavy (non-hydrogen) atoms. The zero-order chi connectivity index (χ0) is 46.3. The molecule has 0 spiro atoms. The fourth-order valence-electron chi connectivity index (χ4n) is 7.15. The van der Waals surface area contributed by atoms with Crippen LogP contribution in [-0.2, 0) is 4.79 Å². The summed E-state index contributed by atoms with van der Waals surface area (Å²) in [6.45, 7) is 4.18. The molecule has 2 atom stereocenters. The Morgan fingerprint density at radius 3 is 1.03 bits per heavy atom. The van der Waals surface area contributed by atoms with E-state index in [0.717, 1.165) is 103 Å². The highest BCUT2D eigenvalue weighted by atomic mass is 16.3. The molecule has 0 aromatic heterocycles. The van der Waals surface area contributed by atoms with Crippen LogP contribution in [0.25, 0.3) is 0 Å². The molecule has 0 aliphatic carbocycles. The highest BCUT2D eigenvalue weighted by Gasteiger charge is 2.17. The SMILES string of the molecule is CC/C=C\C/C=C\C/C=C\C/C=C\C/C=C\C/C=C\C/C=C\C/C=C\C/C=C\C/C=C\CCCCCCCCC(=O)NC(CO)C(O)/C=C/CCCCCCCCCCCCCCC. The molecule has 0 radical (unpaired) electrons. The summed E-state index contributed by atoms with van der Waals surface area (Å²) in [4.78, 5) is 12.4. The van der Waals surface area contributed by atoms with Gasteiger partial charge in [-0.25, -0.2) is 0 Å². The first kappa shape index (κ1) is 60.5. The van der Waals surface area contributed by atoms with Gasteiger partial charge in [0.1, 0.15) is 0 Å². The maximum Gasteiger partial charge on any atom is 0.220 e. The average molecular weight is 882 g/mol. The molecule has 3 N–H and O–H groups in total. The van der Waals surface area contributed by atoms with Crippen molar-refractivity contribution in [1.82, 2.24) is 5.32 Å². The third-order valence-corrected chi connectivity index (χ3v) is 11.1. The molecule has 0 saturated heterocycles. The summed E-state index contributed by atoms with van der Waals surface area (Å²) in [6, 6.07) is -0.639. The molecule has 2 unspecified atom stereocenters. The van der Waals surface area contributed by atoms with Crippen molar-refractivity contribution in [1.29, 1.82) is 0 Å². The third-order valence-electron chi connectivity index (χ3n) is 11.1. The lowest BCUT2D eigenvalue weighted by atomic mass is 10.0. The van der Waals surface area contributed by atoms with Crippen molar-refractivity contribution in [3.8, 4) is 0 Å². The van der Waals surface area contributed by atoms with Gasteiger partial charge in [-0.15, -0.1) is 0 Å². The van der Waals surface area contributed by atoms with E-state index in [1.165, 1.54) is 96.3 Å². The van der Waals surface area contributed by atoms with Crippen LogP contribution >= 0.6 is 0 Å². The second-order valence-corrected chi connectivity index (χ2v) is 17.2. The van der Waals surface area contributed by atoms with Crippen LogP contribution in [0.5, 0.6) is 0 Å². The summed E-state index contributed by atoms with van der Waals surface area (Å²) >= 11 is 0. The molecule has 0 aliphatic rings. The van der Waals surface area contributed by atoms with Crippen molar-refractivity contribution in [2.45, 2.75) is 231 Å². The number of aliphatic hydroxyl groups is 2. The minimum absolute atomic E-state index is 0.0845. The lowest BCUT2D eigenvalue weighted by Crippen LogP contribution is -2.45. The van der Waals surface area contributed by atoms with Crippen LogP contribution in [0.15, 0.2) is 134 Å². The first-order valence-electron chi connectivity index (χ1n) is 26.4. The Kier molecular flexibility index (Phi) is 50.9. The van der Waals surface area contributed by atoms with Gasteiger partial charge in [0, 0.05) is 6.42 Å². The van der Waals surface area contributed by atoms with Gasteiger partial charge in [0.05, 0.1) is 18.8 Å². The van der Waals surface area contributed by atoms with E-state index in [1.807, 2.05) is 6.08 Å².